The average Bonchev–Trinajstić information content (AvgIpc) is 2.24. The van der Waals surface area contributed by atoms with Crippen molar-refractivity contribution in [2.24, 2.45) is 5.41 Å². The molecule has 0 bridgehead atoms. The highest BCUT2D eigenvalue weighted by atomic mass is 16.5. The van der Waals surface area contributed by atoms with Crippen molar-refractivity contribution in [3.8, 4) is 0 Å². The van der Waals surface area contributed by atoms with Crippen LogP contribution in [-0.4, -0.2) is 43.5 Å². The number of hydrogen-bond acceptors (Lipinski definition) is 3. The fourth-order valence-corrected chi connectivity index (χ4v) is 1.89. The minimum absolute atomic E-state index is 0.0369. The van der Waals surface area contributed by atoms with Crippen LogP contribution in [-0.2, 0) is 4.74 Å². The van der Waals surface area contributed by atoms with Crippen LogP contribution in [0.1, 0.15) is 40.5 Å². The summed E-state index contributed by atoms with van der Waals surface area (Å²) in [5.74, 6) is 0. The zero-order chi connectivity index (χ0) is 14.2. The van der Waals surface area contributed by atoms with Crippen molar-refractivity contribution >= 4 is 6.03 Å². The third-order valence-electron chi connectivity index (χ3n) is 2.77. The summed E-state index contributed by atoms with van der Waals surface area (Å²) in [5.41, 5.74) is -0.117. The molecule has 0 aromatic rings. The number of carbonyl (C=O) groups is 1. The molecule has 0 aromatic heterocycles. The van der Waals surface area contributed by atoms with Crippen LogP contribution in [0.15, 0.2) is 0 Å². The number of rotatable bonds is 8. The molecule has 5 heteroatoms. The summed E-state index contributed by atoms with van der Waals surface area (Å²) in [6, 6.07) is -0.146. The molecule has 0 rings (SSSR count). The highest BCUT2D eigenvalue weighted by molar-refractivity contribution is 5.74. The standard InChI is InChI=1S/C13H28N2O3/c1-6-11(8-18-5)15-12(17)14-9-13(3,4)7-10(2)16/h10-11,16H,6-9H2,1-5H3,(H2,14,15,17). The first-order valence-electron chi connectivity index (χ1n) is 6.52. The number of urea groups is 1. The second-order valence-electron chi connectivity index (χ2n) is 5.60. The van der Waals surface area contributed by atoms with E-state index in [1.807, 2.05) is 20.8 Å². The Morgan fingerprint density at radius 1 is 1.44 bits per heavy atom. The molecule has 5 nitrogen and oxygen atoms in total. The maximum atomic E-state index is 11.7. The minimum atomic E-state index is -0.359. The Morgan fingerprint density at radius 2 is 2.06 bits per heavy atom. The summed E-state index contributed by atoms with van der Waals surface area (Å²) < 4.78 is 5.02. The topological polar surface area (TPSA) is 70.6 Å². The summed E-state index contributed by atoms with van der Waals surface area (Å²) in [5, 5.41) is 15.1. The van der Waals surface area contributed by atoms with Crippen LogP contribution in [0.3, 0.4) is 0 Å². The van der Waals surface area contributed by atoms with Gasteiger partial charge >= 0.3 is 6.03 Å². The van der Waals surface area contributed by atoms with Crippen LogP contribution in [0.5, 0.6) is 0 Å². The molecular formula is C13H28N2O3. The predicted molar refractivity (Wildman–Crippen MR) is 72.6 cm³/mol. The number of ether oxygens (including phenoxy) is 1. The molecule has 0 radical (unpaired) electrons. The van der Waals surface area contributed by atoms with Crippen LogP contribution in [0.25, 0.3) is 0 Å². The van der Waals surface area contributed by atoms with Crippen molar-refractivity contribution in [1.29, 1.82) is 0 Å². The van der Waals surface area contributed by atoms with Gasteiger partial charge in [-0.3, -0.25) is 0 Å². The molecule has 0 saturated heterocycles. The number of carbonyl (C=O) groups excluding carboxylic acids is 1. The smallest absolute Gasteiger partial charge is 0.315 e. The Morgan fingerprint density at radius 3 is 2.50 bits per heavy atom. The van der Waals surface area contributed by atoms with E-state index in [2.05, 4.69) is 10.6 Å². The lowest BCUT2D eigenvalue weighted by Crippen LogP contribution is -2.46. The summed E-state index contributed by atoms with van der Waals surface area (Å²) in [6.07, 6.45) is 1.13. The molecule has 0 saturated carbocycles. The fraction of sp³-hybridized carbons (Fsp3) is 0.923. The molecule has 3 N–H and O–H groups in total. The van der Waals surface area contributed by atoms with Crippen molar-refractivity contribution in [1.82, 2.24) is 10.6 Å². The van der Waals surface area contributed by atoms with Gasteiger partial charge in [0.1, 0.15) is 0 Å². The zero-order valence-corrected chi connectivity index (χ0v) is 12.2. The van der Waals surface area contributed by atoms with Gasteiger partial charge in [0.25, 0.3) is 0 Å². The molecule has 0 aliphatic rings. The second-order valence-corrected chi connectivity index (χ2v) is 5.60. The minimum Gasteiger partial charge on any atom is -0.393 e. The van der Waals surface area contributed by atoms with Crippen LogP contribution in [0.4, 0.5) is 4.79 Å². The Bertz CT molecular complexity index is 242. The Labute approximate surface area is 110 Å². The molecule has 2 unspecified atom stereocenters. The Balaban J connectivity index is 4.01. The van der Waals surface area contributed by atoms with Gasteiger partial charge in [0.15, 0.2) is 0 Å². The lowest BCUT2D eigenvalue weighted by Gasteiger charge is -2.27. The monoisotopic (exact) mass is 260 g/mol. The van der Waals surface area contributed by atoms with E-state index in [4.69, 9.17) is 4.74 Å². The largest absolute Gasteiger partial charge is 0.393 e. The molecule has 0 spiro atoms. The lowest BCUT2D eigenvalue weighted by molar-refractivity contribution is 0.128. The predicted octanol–water partition coefficient (Wildman–Crippen LogP) is 1.51. The van der Waals surface area contributed by atoms with E-state index in [0.29, 0.717) is 19.6 Å². The van der Waals surface area contributed by atoms with E-state index in [0.717, 1.165) is 6.42 Å². The van der Waals surface area contributed by atoms with Crippen molar-refractivity contribution in [2.45, 2.75) is 52.7 Å². The van der Waals surface area contributed by atoms with Gasteiger partial charge in [-0.05, 0) is 25.2 Å². The number of hydrogen-bond donors (Lipinski definition) is 3. The molecule has 0 aliphatic heterocycles. The molecule has 2 atom stereocenters. The molecule has 18 heavy (non-hydrogen) atoms. The van der Waals surface area contributed by atoms with Crippen molar-refractivity contribution in [3.05, 3.63) is 0 Å². The third-order valence-corrected chi connectivity index (χ3v) is 2.77. The first-order valence-corrected chi connectivity index (χ1v) is 6.52. The molecule has 108 valence electrons. The molecule has 2 amide bonds. The van der Waals surface area contributed by atoms with Crippen LogP contribution < -0.4 is 10.6 Å². The molecule has 0 aliphatic carbocycles. The van der Waals surface area contributed by atoms with Gasteiger partial charge in [-0.2, -0.15) is 0 Å². The van der Waals surface area contributed by atoms with E-state index in [1.54, 1.807) is 14.0 Å². The van der Waals surface area contributed by atoms with Crippen LogP contribution >= 0.6 is 0 Å². The first-order chi connectivity index (χ1) is 8.30. The van der Waals surface area contributed by atoms with Gasteiger partial charge in [-0.15, -0.1) is 0 Å². The van der Waals surface area contributed by atoms with E-state index in [1.165, 1.54) is 0 Å². The lowest BCUT2D eigenvalue weighted by atomic mass is 9.87. The van der Waals surface area contributed by atoms with Crippen LogP contribution in [0.2, 0.25) is 0 Å². The van der Waals surface area contributed by atoms with E-state index >= 15 is 0 Å². The van der Waals surface area contributed by atoms with Gasteiger partial charge < -0.3 is 20.5 Å². The fourth-order valence-electron chi connectivity index (χ4n) is 1.89. The summed E-state index contributed by atoms with van der Waals surface area (Å²) in [6.45, 7) is 8.85. The Hall–Kier alpha value is -0.810. The quantitative estimate of drug-likeness (QED) is 0.619. The Kier molecular flexibility index (Phi) is 7.95. The van der Waals surface area contributed by atoms with Crippen molar-refractivity contribution < 1.29 is 14.6 Å². The molecule has 0 aromatic carbocycles. The van der Waals surface area contributed by atoms with Gasteiger partial charge in [0, 0.05) is 13.7 Å². The van der Waals surface area contributed by atoms with Gasteiger partial charge in [0.2, 0.25) is 0 Å². The van der Waals surface area contributed by atoms with Crippen LogP contribution in [0, 0.1) is 5.41 Å². The second kappa shape index (κ2) is 8.32. The number of methoxy groups -OCH3 is 1. The number of aliphatic hydroxyl groups is 1. The average molecular weight is 260 g/mol. The number of amides is 2. The van der Waals surface area contributed by atoms with Gasteiger partial charge in [-0.1, -0.05) is 20.8 Å². The third kappa shape index (κ3) is 8.31. The summed E-state index contributed by atoms with van der Waals surface area (Å²) >= 11 is 0. The van der Waals surface area contributed by atoms with E-state index < -0.39 is 0 Å². The van der Waals surface area contributed by atoms with E-state index in [9.17, 15) is 9.90 Å². The highest BCUT2D eigenvalue weighted by Crippen LogP contribution is 2.20. The summed E-state index contributed by atoms with van der Waals surface area (Å²) in [7, 11) is 1.62. The van der Waals surface area contributed by atoms with Crippen molar-refractivity contribution in [3.63, 3.8) is 0 Å². The van der Waals surface area contributed by atoms with Crippen molar-refractivity contribution in [2.75, 3.05) is 20.3 Å². The normalized spacial score (nSPS) is 15.0. The number of aliphatic hydroxyl groups excluding tert-OH is 1. The zero-order valence-electron chi connectivity index (χ0n) is 12.2. The van der Waals surface area contributed by atoms with Gasteiger partial charge in [0.05, 0.1) is 18.8 Å². The maximum Gasteiger partial charge on any atom is 0.315 e. The van der Waals surface area contributed by atoms with Gasteiger partial charge in [-0.25, -0.2) is 4.79 Å². The molecule has 0 heterocycles. The molecular weight excluding hydrogens is 232 g/mol. The maximum absolute atomic E-state index is 11.7. The summed E-state index contributed by atoms with van der Waals surface area (Å²) in [4.78, 5) is 11.7. The SMILES string of the molecule is CCC(COC)NC(=O)NCC(C)(C)CC(C)O. The first kappa shape index (κ1) is 17.2. The highest BCUT2D eigenvalue weighted by Gasteiger charge is 2.21. The molecule has 0 fully saturated rings. The number of nitrogens with one attached hydrogen (secondary N) is 2. The van der Waals surface area contributed by atoms with E-state index in [-0.39, 0.29) is 23.6 Å².